The monoisotopic (exact) mass is 647 g/mol. The van der Waals surface area contributed by atoms with Crippen LogP contribution < -0.4 is 10.6 Å². The van der Waals surface area contributed by atoms with Gasteiger partial charge in [-0.2, -0.15) is 0 Å². The van der Waals surface area contributed by atoms with Gasteiger partial charge in [-0.15, -0.1) is 0 Å². The smallest absolute Gasteiger partial charge is 0.407 e. The van der Waals surface area contributed by atoms with Gasteiger partial charge in [-0.25, -0.2) is 9.59 Å². The van der Waals surface area contributed by atoms with Crippen molar-refractivity contribution >= 4 is 12.1 Å². The van der Waals surface area contributed by atoms with Gasteiger partial charge in [0.15, 0.2) is 0 Å². The van der Waals surface area contributed by atoms with Crippen LogP contribution in [0, 0.1) is 45.8 Å². The number of likely N-dealkylation sites (N-methyl/N-ethyl adjacent to an activating group) is 1. The summed E-state index contributed by atoms with van der Waals surface area (Å²) >= 11 is 0. The third-order valence-electron chi connectivity index (χ3n) is 16.5. The maximum absolute atomic E-state index is 13.3. The number of rotatable bonds is 7. The number of aromatic carboxylic acids is 1. The predicted molar refractivity (Wildman–Crippen MR) is 185 cm³/mol. The fraction of sp³-hybridized carbons (Fsp3) is 0.800. The van der Waals surface area contributed by atoms with E-state index in [1.807, 2.05) is 14.1 Å². The Hall–Kier alpha value is -2.12. The molecule has 0 aromatic heterocycles. The van der Waals surface area contributed by atoms with Crippen molar-refractivity contribution < 1.29 is 19.4 Å². The number of carbonyl (C=O) groups is 2. The lowest BCUT2D eigenvalue weighted by Gasteiger charge is -2.72. The Labute approximate surface area is 283 Å². The third kappa shape index (κ3) is 4.49. The number of carboxylic acids is 1. The van der Waals surface area contributed by atoms with Crippen molar-refractivity contribution in [2.75, 3.05) is 27.2 Å². The molecule has 5 saturated carbocycles. The topological polar surface area (TPSA) is 101 Å². The zero-order valence-corrected chi connectivity index (χ0v) is 30.4. The molecule has 1 heterocycles. The van der Waals surface area contributed by atoms with Crippen molar-refractivity contribution in [2.45, 2.75) is 128 Å². The molecular formula is C40H61N3O4. The van der Waals surface area contributed by atoms with Crippen LogP contribution in [0.25, 0.3) is 0 Å². The summed E-state index contributed by atoms with van der Waals surface area (Å²) in [5.74, 6) is 2.54. The largest absolute Gasteiger partial charge is 0.478 e. The average molecular weight is 648 g/mol. The van der Waals surface area contributed by atoms with Gasteiger partial charge in [0.2, 0.25) is 0 Å². The first-order valence-electron chi connectivity index (χ1n) is 18.8. The molecule has 1 aromatic carbocycles. The lowest BCUT2D eigenvalue weighted by molar-refractivity contribution is -0.213. The van der Waals surface area contributed by atoms with E-state index in [2.05, 4.69) is 69.2 Å². The Morgan fingerprint density at radius 1 is 0.915 bits per heavy atom. The van der Waals surface area contributed by atoms with Crippen LogP contribution in [0.15, 0.2) is 24.3 Å². The van der Waals surface area contributed by atoms with Gasteiger partial charge in [-0.1, -0.05) is 46.8 Å². The van der Waals surface area contributed by atoms with Gasteiger partial charge in [0.25, 0.3) is 0 Å². The number of carboxylic acid groups (broad SMARTS) is 1. The van der Waals surface area contributed by atoms with E-state index >= 15 is 0 Å². The van der Waals surface area contributed by atoms with Gasteiger partial charge >= 0.3 is 12.1 Å². The number of nitrogens with one attached hydrogen (secondary N) is 2. The lowest BCUT2D eigenvalue weighted by atomic mass is 9.33. The van der Waals surface area contributed by atoms with Crippen molar-refractivity contribution in [1.82, 2.24) is 15.5 Å². The first-order chi connectivity index (χ1) is 22.1. The highest BCUT2D eigenvalue weighted by Gasteiger charge is 2.82. The molecule has 47 heavy (non-hydrogen) atoms. The number of hydrogen-bond acceptors (Lipinski definition) is 5. The molecule has 0 bridgehead atoms. The molecule has 3 N–H and O–H groups in total. The molecule has 5 aliphatic carbocycles. The number of carbonyl (C=O) groups excluding carboxylic acids is 1. The minimum absolute atomic E-state index is 0.0383. The molecule has 1 aliphatic heterocycles. The molecule has 1 saturated heterocycles. The van der Waals surface area contributed by atoms with Crippen LogP contribution in [0.2, 0.25) is 0 Å². The number of nitrogens with zero attached hydrogens (tertiary/aromatic N) is 1. The number of hydrogen-bond donors (Lipinski definition) is 3. The molecule has 260 valence electrons. The Morgan fingerprint density at radius 2 is 1.62 bits per heavy atom. The first kappa shape index (κ1) is 33.4. The summed E-state index contributed by atoms with van der Waals surface area (Å²) in [6.45, 7) is 16.5. The number of benzene rings is 1. The maximum atomic E-state index is 13.3. The Kier molecular flexibility index (Phi) is 7.77. The summed E-state index contributed by atoms with van der Waals surface area (Å²) < 4.78 is 5.75. The third-order valence-corrected chi connectivity index (χ3v) is 16.5. The van der Waals surface area contributed by atoms with Crippen molar-refractivity contribution in [1.29, 1.82) is 0 Å². The van der Waals surface area contributed by atoms with E-state index in [9.17, 15) is 14.7 Å². The molecular weight excluding hydrogens is 586 g/mol. The predicted octanol–water partition coefficient (Wildman–Crippen LogP) is 7.70. The van der Waals surface area contributed by atoms with Crippen LogP contribution in [0.4, 0.5) is 4.79 Å². The van der Waals surface area contributed by atoms with Gasteiger partial charge < -0.3 is 25.4 Å². The van der Waals surface area contributed by atoms with Crippen LogP contribution >= 0.6 is 0 Å². The minimum atomic E-state index is -0.858. The molecule has 1 amide bonds. The second-order valence-corrected chi connectivity index (χ2v) is 18.4. The van der Waals surface area contributed by atoms with Gasteiger partial charge in [0.05, 0.1) is 5.56 Å². The summed E-state index contributed by atoms with van der Waals surface area (Å²) in [4.78, 5) is 26.9. The highest BCUT2D eigenvalue weighted by Crippen LogP contribution is 2.80. The molecule has 1 spiro atoms. The molecule has 11 atom stereocenters. The summed E-state index contributed by atoms with van der Waals surface area (Å²) in [5, 5.41) is 17.3. The van der Waals surface area contributed by atoms with E-state index in [0.29, 0.717) is 47.7 Å². The van der Waals surface area contributed by atoms with Crippen LogP contribution in [0.3, 0.4) is 0 Å². The number of ether oxygens (including phenoxy) is 1. The standard InChI is InChI=1S/C40H61N3O4/c1-25(2)28-15-18-39(41-34(46)47-24-23-43(7)8)21-19-35(3)30(32(28)39)13-14-31-36(35,4)20-22-40-37(31,5)17-16-29(38(40,6)42-40)26-9-11-27(12-10-26)33(44)45/h9-12,25,28-32,42H,13-24H2,1-8H3,(H,41,46)(H,44,45)/t28-,29-,30+,31-,32+,35+,36+,37+,38?,39-,40-/m0/s1. The van der Waals surface area contributed by atoms with E-state index < -0.39 is 5.97 Å². The molecule has 7 rings (SSSR count). The number of alkyl carbamates (subject to hydrolysis) is 1. The van der Waals surface area contributed by atoms with Gasteiger partial charge in [-0.05, 0) is 149 Å². The molecule has 6 aliphatic rings. The van der Waals surface area contributed by atoms with Crippen LogP contribution in [0.1, 0.15) is 128 Å². The normalized spacial score (nSPS) is 46.5. The van der Waals surface area contributed by atoms with E-state index in [0.717, 1.165) is 25.8 Å². The Bertz CT molecular complexity index is 1410. The average Bonchev–Trinajstić information content (AvgIpc) is 3.48. The quantitative estimate of drug-likeness (QED) is 0.262. The van der Waals surface area contributed by atoms with Crippen LogP contribution in [0.5, 0.6) is 0 Å². The van der Waals surface area contributed by atoms with Crippen LogP contribution in [-0.4, -0.2) is 65.9 Å². The number of amides is 1. The molecule has 7 nitrogen and oxygen atoms in total. The highest BCUT2D eigenvalue weighted by atomic mass is 16.5. The summed E-state index contributed by atoms with van der Waals surface area (Å²) in [5.41, 5.74) is 2.37. The van der Waals surface area contributed by atoms with Crippen molar-refractivity contribution in [3.8, 4) is 0 Å². The Balaban J connectivity index is 1.16. The van der Waals surface area contributed by atoms with Crippen molar-refractivity contribution in [2.24, 2.45) is 45.8 Å². The highest BCUT2D eigenvalue weighted by molar-refractivity contribution is 5.87. The van der Waals surface area contributed by atoms with Crippen LogP contribution in [-0.2, 0) is 4.74 Å². The fourth-order valence-corrected chi connectivity index (χ4v) is 13.9. The molecule has 7 heteroatoms. The Morgan fingerprint density at radius 3 is 2.28 bits per heavy atom. The molecule has 1 aromatic rings. The summed E-state index contributed by atoms with van der Waals surface area (Å²) in [6, 6.07) is 7.72. The van der Waals surface area contributed by atoms with E-state index in [1.54, 1.807) is 12.1 Å². The van der Waals surface area contributed by atoms with Gasteiger partial charge in [-0.3, -0.25) is 0 Å². The molecule has 0 radical (unpaired) electrons. The van der Waals surface area contributed by atoms with Gasteiger partial charge in [0.1, 0.15) is 6.61 Å². The van der Waals surface area contributed by atoms with E-state index in [-0.39, 0.29) is 39.0 Å². The second kappa shape index (κ2) is 10.9. The summed E-state index contributed by atoms with van der Waals surface area (Å²) in [7, 11) is 4.03. The van der Waals surface area contributed by atoms with E-state index in [1.165, 1.54) is 50.5 Å². The SMILES string of the molecule is CC(C)[C@@H]1CC[C@]2(NC(=O)OCCN(C)C)CC[C@]3(C)[C@H](CC[C@H]4[C@@]3(C)CC[C@@]35NC3(C)[C@H](c3ccc(C(=O)O)cc3)CC[C@]45C)[C@@H]12. The maximum Gasteiger partial charge on any atom is 0.407 e. The molecule has 6 fully saturated rings. The van der Waals surface area contributed by atoms with E-state index in [4.69, 9.17) is 4.74 Å². The second-order valence-electron chi connectivity index (χ2n) is 18.4. The fourth-order valence-electron chi connectivity index (χ4n) is 13.9. The van der Waals surface area contributed by atoms with Crippen molar-refractivity contribution in [3.05, 3.63) is 35.4 Å². The molecule has 1 unspecified atom stereocenters. The first-order valence-corrected chi connectivity index (χ1v) is 18.8. The van der Waals surface area contributed by atoms with Gasteiger partial charge in [0, 0.05) is 29.1 Å². The zero-order chi connectivity index (χ0) is 33.8. The zero-order valence-electron chi connectivity index (χ0n) is 30.4. The summed E-state index contributed by atoms with van der Waals surface area (Å²) in [6.07, 6.45) is 11.6. The van der Waals surface area contributed by atoms with Crippen molar-refractivity contribution in [3.63, 3.8) is 0 Å². The number of fused-ring (bicyclic) bond motifs is 6. The lowest BCUT2D eigenvalue weighted by Crippen LogP contribution is -2.69. The minimum Gasteiger partial charge on any atom is -0.478 e.